The molecule has 0 unspecified atom stereocenters. The second-order valence-corrected chi connectivity index (χ2v) is 6.34. The van der Waals surface area contributed by atoms with Crippen LogP contribution in [-0.4, -0.2) is 28.5 Å². The maximum atomic E-state index is 12.0. The number of hydrogen-bond donors (Lipinski definition) is 2. The predicted octanol–water partition coefficient (Wildman–Crippen LogP) is 2.75. The molecular formula is C19H18N4O3S. The average molecular weight is 382 g/mol. The first-order chi connectivity index (χ1) is 13.2. The molecule has 8 heteroatoms. The maximum Gasteiger partial charge on any atom is 0.407 e. The fourth-order valence-corrected chi connectivity index (χ4v) is 2.95. The Hall–Kier alpha value is -3.26. The molecule has 2 amide bonds. The van der Waals surface area contributed by atoms with Crippen molar-refractivity contribution < 1.29 is 14.3 Å². The van der Waals surface area contributed by atoms with Crippen molar-refractivity contribution in [3.05, 3.63) is 70.8 Å². The lowest BCUT2D eigenvalue weighted by Crippen LogP contribution is -2.37. The standard InChI is InChI=1S/C19H18N4O3S/c24-17(11-23-19(25)26-12-14-4-2-1-3-5-14)22-10-16-18(21-8-7-20-16)15-6-9-27-13-15/h1-9,13H,10-12H2,(H,22,24)(H,23,25). The van der Waals surface area contributed by atoms with Crippen LogP contribution in [0.1, 0.15) is 11.3 Å². The molecule has 0 bridgehead atoms. The van der Waals surface area contributed by atoms with Gasteiger partial charge in [0.2, 0.25) is 5.91 Å². The highest BCUT2D eigenvalue weighted by molar-refractivity contribution is 7.08. The van der Waals surface area contributed by atoms with E-state index < -0.39 is 6.09 Å². The van der Waals surface area contributed by atoms with E-state index in [1.54, 1.807) is 23.7 Å². The number of rotatable bonds is 7. The van der Waals surface area contributed by atoms with Gasteiger partial charge >= 0.3 is 6.09 Å². The Kier molecular flexibility index (Phi) is 6.48. The molecular weight excluding hydrogens is 364 g/mol. The predicted molar refractivity (Wildman–Crippen MR) is 102 cm³/mol. The van der Waals surface area contributed by atoms with E-state index in [1.807, 2.05) is 47.2 Å². The third-order valence-corrected chi connectivity index (χ3v) is 4.31. The van der Waals surface area contributed by atoms with Crippen molar-refractivity contribution in [2.45, 2.75) is 13.2 Å². The molecule has 0 aliphatic carbocycles. The Morgan fingerprint density at radius 3 is 2.63 bits per heavy atom. The minimum Gasteiger partial charge on any atom is -0.445 e. The van der Waals surface area contributed by atoms with Gasteiger partial charge in [-0.3, -0.25) is 14.8 Å². The first-order valence-corrected chi connectivity index (χ1v) is 9.20. The van der Waals surface area contributed by atoms with E-state index in [0.29, 0.717) is 5.69 Å². The summed E-state index contributed by atoms with van der Waals surface area (Å²) >= 11 is 1.57. The van der Waals surface area contributed by atoms with Gasteiger partial charge in [-0.2, -0.15) is 11.3 Å². The number of benzene rings is 1. The van der Waals surface area contributed by atoms with E-state index in [9.17, 15) is 9.59 Å². The highest BCUT2D eigenvalue weighted by atomic mass is 32.1. The molecule has 2 heterocycles. The molecule has 0 aliphatic rings. The highest BCUT2D eigenvalue weighted by Crippen LogP contribution is 2.22. The van der Waals surface area contributed by atoms with Crippen LogP contribution in [0.25, 0.3) is 11.3 Å². The highest BCUT2D eigenvalue weighted by Gasteiger charge is 2.11. The van der Waals surface area contributed by atoms with Crippen molar-refractivity contribution in [2.24, 2.45) is 0 Å². The zero-order valence-electron chi connectivity index (χ0n) is 14.4. The van der Waals surface area contributed by atoms with Crippen molar-refractivity contribution in [2.75, 3.05) is 6.54 Å². The Balaban J connectivity index is 1.43. The molecule has 2 N–H and O–H groups in total. The largest absolute Gasteiger partial charge is 0.445 e. The van der Waals surface area contributed by atoms with Gasteiger partial charge in [0.1, 0.15) is 13.2 Å². The fraction of sp³-hybridized carbons (Fsp3) is 0.158. The van der Waals surface area contributed by atoms with Gasteiger partial charge in [0.05, 0.1) is 17.9 Å². The van der Waals surface area contributed by atoms with E-state index in [0.717, 1.165) is 16.8 Å². The summed E-state index contributed by atoms with van der Waals surface area (Å²) in [5.74, 6) is -0.339. The number of carbonyl (C=O) groups is 2. The molecule has 0 saturated heterocycles. The summed E-state index contributed by atoms with van der Waals surface area (Å²) in [6, 6.07) is 11.3. The summed E-state index contributed by atoms with van der Waals surface area (Å²) in [5, 5.41) is 9.07. The molecule has 27 heavy (non-hydrogen) atoms. The van der Waals surface area contributed by atoms with Crippen molar-refractivity contribution >= 4 is 23.3 Å². The molecule has 0 fully saturated rings. The maximum absolute atomic E-state index is 12.0. The minimum absolute atomic E-state index is 0.151. The third-order valence-electron chi connectivity index (χ3n) is 3.63. The van der Waals surface area contributed by atoms with Crippen LogP contribution in [0.3, 0.4) is 0 Å². The third kappa shape index (κ3) is 5.61. The Bertz CT molecular complexity index is 885. The zero-order chi connectivity index (χ0) is 18.9. The molecule has 0 atom stereocenters. The van der Waals surface area contributed by atoms with Crippen LogP contribution in [0.5, 0.6) is 0 Å². The summed E-state index contributed by atoms with van der Waals surface area (Å²) in [4.78, 5) is 32.2. The summed E-state index contributed by atoms with van der Waals surface area (Å²) < 4.78 is 5.06. The second kappa shape index (κ2) is 9.44. The molecule has 0 spiro atoms. The van der Waals surface area contributed by atoms with Crippen molar-refractivity contribution in [1.82, 2.24) is 20.6 Å². The summed E-state index contributed by atoms with van der Waals surface area (Å²) in [6.07, 6.45) is 2.55. The fourth-order valence-electron chi connectivity index (χ4n) is 2.31. The van der Waals surface area contributed by atoms with Gasteiger partial charge in [-0.15, -0.1) is 0 Å². The topological polar surface area (TPSA) is 93.2 Å². The molecule has 2 aromatic heterocycles. The Labute approximate surface area is 160 Å². The summed E-state index contributed by atoms with van der Waals surface area (Å²) in [6.45, 7) is 0.193. The van der Waals surface area contributed by atoms with Crippen LogP contribution in [0.15, 0.2) is 59.6 Å². The Morgan fingerprint density at radius 2 is 1.85 bits per heavy atom. The van der Waals surface area contributed by atoms with E-state index in [1.165, 1.54) is 0 Å². The van der Waals surface area contributed by atoms with E-state index in [2.05, 4.69) is 20.6 Å². The minimum atomic E-state index is -0.646. The van der Waals surface area contributed by atoms with Crippen molar-refractivity contribution in [3.8, 4) is 11.3 Å². The molecule has 3 rings (SSSR count). The van der Waals surface area contributed by atoms with Crippen LogP contribution in [-0.2, 0) is 22.7 Å². The summed E-state index contributed by atoms with van der Waals surface area (Å²) in [5.41, 5.74) is 3.23. The molecule has 0 saturated carbocycles. The molecule has 0 aliphatic heterocycles. The first-order valence-electron chi connectivity index (χ1n) is 8.26. The molecule has 1 aromatic carbocycles. The van der Waals surface area contributed by atoms with Gasteiger partial charge in [-0.1, -0.05) is 30.3 Å². The van der Waals surface area contributed by atoms with Crippen molar-refractivity contribution in [1.29, 1.82) is 0 Å². The number of nitrogens with one attached hydrogen (secondary N) is 2. The number of alkyl carbamates (subject to hydrolysis) is 1. The lowest BCUT2D eigenvalue weighted by molar-refractivity contribution is -0.120. The monoisotopic (exact) mass is 382 g/mol. The normalized spacial score (nSPS) is 10.2. The van der Waals surface area contributed by atoms with Gasteiger partial charge in [0.25, 0.3) is 0 Å². The molecule has 138 valence electrons. The Morgan fingerprint density at radius 1 is 1.04 bits per heavy atom. The van der Waals surface area contributed by atoms with Gasteiger partial charge in [-0.05, 0) is 17.0 Å². The quantitative estimate of drug-likeness (QED) is 0.655. The van der Waals surface area contributed by atoms with E-state index in [-0.39, 0.29) is 25.6 Å². The number of thiophene rings is 1. The lowest BCUT2D eigenvalue weighted by Gasteiger charge is -2.09. The molecule has 7 nitrogen and oxygen atoms in total. The summed E-state index contributed by atoms with van der Waals surface area (Å²) in [7, 11) is 0. The van der Waals surface area contributed by atoms with Crippen LogP contribution >= 0.6 is 11.3 Å². The van der Waals surface area contributed by atoms with Crippen LogP contribution in [0.2, 0.25) is 0 Å². The van der Waals surface area contributed by atoms with Crippen LogP contribution in [0.4, 0.5) is 4.79 Å². The lowest BCUT2D eigenvalue weighted by atomic mass is 10.2. The number of hydrogen-bond acceptors (Lipinski definition) is 6. The first kappa shape index (κ1) is 18.5. The zero-order valence-corrected chi connectivity index (χ0v) is 15.2. The van der Waals surface area contributed by atoms with Gasteiger partial charge in [0.15, 0.2) is 0 Å². The van der Waals surface area contributed by atoms with E-state index in [4.69, 9.17) is 4.74 Å². The number of amides is 2. The van der Waals surface area contributed by atoms with E-state index >= 15 is 0 Å². The molecule has 3 aromatic rings. The number of nitrogens with zero attached hydrogens (tertiary/aromatic N) is 2. The SMILES string of the molecule is O=C(CNC(=O)OCc1ccccc1)NCc1nccnc1-c1ccsc1. The van der Waals surface area contributed by atoms with Crippen LogP contribution in [0, 0.1) is 0 Å². The second-order valence-electron chi connectivity index (χ2n) is 5.56. The van der Waals surface area contributed by atoms with Gasteiger partial charge < -0.3 is 15.4 Å². The number of carbonyl (C=O) groups excluding carboxylic acids is 2. The number of aromatic nitrogens is 2. The van der Waals surface area contributed by atoms with Crippen molar-refractivity contribution in [3.63, 3.8) is 0 Å². The van der Waals surface area contributed by atoms with Gasteiger partial charge in [0, 0.05) is 23.3 Å². The average Bonchev–Trinajstić information content (AvgIpc) is 3.25. The number of ether oxygens (including phenoxy) is 1. The van der Waals surface area contributed by atoms with Gasteiger partial charge in [-0.25, -0.2) is 4.79 Å². The van der Waals surface area contributed by atoms with Crippen LogP contribution < -0.4 is 10.6 Å². The smallest absolute Gasteiger partial charge is 0.407 e. The molecule has 0 radical (unpaired) electrons.